The number of fused-ring (bicyclic) bond motifs is 2. The topological polar surface area (TPSA) is 61.8 Å². The van der Waals surface area contributed by atoms with Crippen molar-refractivity contribution in [3.05, 3.63) is 102 Å². The van der Waals surface area contributed by atoms with Crippen LogP contribution in [0.3, 0.4) is 0 Å². The predicted molar refractivity (Wildman–Crippen MR) is 144 cm³/mol. The summed E-state index contributed by atoms with van der Waals surface area (Å²) in [6, 6.07) is 28.5. The minimum Gasteiger partial charge on any atom is -0.485 e. The number of para-hydroxylation sites is 2. The average Bonchev–Trinajstić information content (AvgIpc) is 2.86. The zero-order chi connectivity index (χ0) is 23.7. The molecule has 180 valence electrons. The third kappa shape index (κ3) is 4.97. The Morgan fingerprint density at radius 2 is 1.80 bits per heavy atom. The van der Waals surface area contributed by atoms with Gasteiger partial charge < -0.3 is 20.1 Å². The summed E-state index contributed by atoms with van der Waals surface area (Å²) >= 11 is 0. The highest BCUT2D eigenvalue weighted by Crippen LogP contribution is 2.38. The number of nitrogens with one attached hydrogen (secondary N) is 1. The number of carboxylic acid groups (broad SMARTS) is 1. The number of aromatic carboxylic acids is 1. The summed E-state index contributed by atoms with van der Waals surface area (Å²) in [4.78, 5) is 13.7. The van der Waals surface area contributed by atoms with Crippen LogP contribution in [0.1, 0.15) is 34.5 Å². The molecule has 0 radical (unpaired) electrons. The van der Waals surface area contributed by atoms with Crippen LogP contribution in [0, 0.1) is 6.92 Å². The van der Waals surface area contributed by atoms with Gasteiger partial charge in [0, 0.05) is 18.3 Å². The first kappa shape index (κ1) is 24.6. The Kier molecular flexibility index (Phi) is 7.29. The lowest BCUT2D eigenvalue weighted by atomic mass is 9.99. The van der Waals surface area contributed by atoms with Gasteiger partial charge in [0.05, 0.1) is 17.8 Å². The second-order valence-electron chi connectivity index (χ2n) is 8.82. The first-order chi connectivity index (χ1) is 16.5. The van der Waals surface area contributed by atoms with Gasteiger partial charge in [0.2, 0.25) is 0 Å². The van der Waals surface area contributed by atoms with Gasteiger partial charge in [-0.1, -0.05) is 54.6 Å². The number of carbonyl (C=O) groups is 1. The highest BCUT2D eigenvalue weighted by atomic mass is 35.5. The summed E-state index contributed by atoms with van der Waals surface area (Å²) in [6.07, 6.45) is -0.0632. The molecule has 0 saturated heterocycles. The van der Waals surface area contributed by atoms with E-state index in [-0.39, 0.29) is 24.6 Å². The number of hydrogen-bond acceptors (Lipinski definition) is 4. The van der Waals surface area contributed by atoms with Crippen LogP contribution in [0.5, 0.6) is 5.75 Å². The first-order valence-corrected chi connectivity index (χ1v) is 11.6. The molecule has 0 bridgehead atoms. The molecule has 5 rings (SSSR count). The van der Waals surface area contributed by atoms with E-state index in [9.17, 15) is 9.90 Å². The largest absolute Gasteiger partial charge is 0.485 e. The van der Waals surface area contributed by atoms with Crippen molar-refractivity contribution in [2.45, 2.75) is 26.0 Å². The normalized spacial score (nSPS) is 15.6. The Morgan fingerprint density at radius 3 is 2.60 bits per heavy atom. The molecule has 0 aliphatic carbocycles. The molecule has 2 N–H and O–H groups in total. The monoisotopic (exact) mass is 488 g/mol. The molecule has 1 unspecified atom stereocenters. The molecule has 2 atom stereocenters. The molecule has 4 aromatic rings. The molecule has 5 nitrogen and oxygen atoms in total. The number of ether oxygens (including phenoxy) is 1. The molecule has 6 heteroatoms. The molecule has 1 aliphatic heterocycles. The van der Waals surface area contributed by atoms with Gasteiger partial charge in [-0.15, -0.1) is 12.4 Å². The number of anilines is 2. The molecular weight excluding hydrogens is 460 g/mol. The summed E-state index contributed by atoms with van der Waals surface area (Å²) in [5.41, 5.74) is 4.29. The summed E-state index contributed by atoms with van der Waals surface area (Å²) in [7, 11) is 0. The van der Waals surface area contributed by atoms with Crippen LogP contribution in [0.2, 0.25) is 0 Å². The SMILES string of the molecule is Cc1cc(N2CC(CN[C@H](C)c3cccc4ccccc34)Oc3ccccc32)ccc1C(=O)O.Cl. The number of hydrogen-bond donors (Lipinski definition) is 2. The molecule has 0 aromatic heterocycles. The lowest BCUT2D eigenvalue weighted by molar-refractivity contribution is 0.0696. The van der Waals surface area contributed by atoms with Crippen molar-refractivity contribution in [3.8, 4) is 5.75 Å². The lowest BCUT2D eigenvalue weighted by Gasteiger charge is -2.37. The van der Waals surface area contributed by atoms with Crippen molar-refractivity contribution in [2.24, 2.45) is 0 Å². The van der Waals surface area contributed by atoms with Gasteiger partial charge in [-0.3, -0.25) is 0 Å². The van der Waals surface area contributed by atoms with Crippen molar-refractivity contribution < 1.29 is 14.6 Å². The molecule has 0 spiro atoms. The maximum atomic E-state index is 11.5. The summed E-state index contributed by atoms with van der Waals surface area (Å²) in [5.74, 6) is -0.0748. The van der Waals surface area contributed by atoms with Gasteiger partial charge in [-0.25, -0.2) is 4.79 Å². The fourth-order valence-electron chi connectivity index (χ4n) is 4.75. The van der Waals surface area contributed by atoms with Crippen LogP contribution in [0.25, 0.3) is 10.8 Å². The summed E-state index contributed by atoms with van der Waals surface area (Å²) in [5, 5.41) is 15.6. The molecule has 4 aromatic carbocycles. The summed E-state index contributed by atoms with van der Waals surface area (Å²) in [6.45, 7) is 5.37. The molecule has 35 heavy (non-hydrogen) atoms. The van der Waals surface area contributed by atoms with E-state index in [1.54, 1.807) is 6.07 Å². The predicted octanol–water partition coefficient (Wildman–Crippen LogP) is 6.52. The first-order valence-electron chi connectivity index (χ1n) is 11.6. The van der Waals surface area contributed by atoms with E-state index in [0.29, 0.717) is 18.7 Å². The van der Waals surface area contributed by atoms with E-state index in [1.807, 2.05) is 43.3 Å². The third-order valence-electron chi connectivity index (χ3n) is 6.53. The van der Waals surface area contributed by atoms with Crippen molar-refractivity contribution in [1.29, 1.82) is 0 Å². The quantitative estimate of drug-likeness (QED) is 0.323. The van der Waals surface area contributed by atoms with Crippen molar-refractivity contribution in [3.63, 3.8) is 0 Å². The highest BCUT2D eigenvalue weighted by molar-refractivity contribution is 5.90. The zero-order valence-corrected chi connectivity index (χ0v) is 20.6. The van der Waals surface area contributed by atoms with Gasteiger partial charge >= 0.3 is 5.97 Å². The Balaban J connectivity index is 0.00000289. The average molecular weight is 489 g/mol. The van der Waals surface area contributed by atoms with Crippen LogP contribution < -0.4 is 15.0 Å². The summed E-state index contributed by atoms with van der Waals surface area (Å²) < 4.78 is 6.35. The van der Waals surface area contributed by atoms with E-state index >= 15 is 0 Å². The van der Waals surface area contributed by atoms with Crippen LogP contribution >= 0.6 is 12.4 Å². The van der Waals surface area contributed by atoms with Gasteiger partial charge in [0.1, 0.15) is 11.9 Å². The number of benzene rings is 4. The van der Waals surface area contributed by atoms with Gasteiger partial charge in [0.25, 0.3) is 0 Å². The minimum absolute atomic E-state index is 0. The molecule has 0 amide bonds. The van der Waals surface area contributed by atoms with Crippen LogP contribution in [-0.2, 0) is 0 Å². The molecule has 1 heterocycles. The van der Waals surface area contributed by atoms with Gasteiger partial charge in [-0.2, -0.15) is 0 Å². The Morgan fingerprint density at radius 1 is 1.06 bits per heavy atom. The maximum Gasteiger partial charge on any atom is 0.335 e. The molecule has 0 fully saturated rings. The number of nitrogens with zero attached hydrogens (tertiary/aromatic N) is 1. The second kappa shape index (κ2) is 10.4. The maximum absolute atomic E-state index is 11.5. The Bertz CT molecular complexity index is 1350. The van der Waals surface area contributed by atoms with Gasteiger partial charge in [0.15, 0.2) is 0 Å². The van der Waals surface area contributed by atoms with Crippen molar-refractivity contribution in [2.75, 3.05) is 18.0 Å². The molecule has 0 saturated carbocycles. The number of halogens is 1. The van der Waals surface area contributed by atoms with Gasteiger partial charge in [-0.05, 0) is 66.1 Å². The number of rotatable bonds is 6. The Labute approximate surface area is 211 Å². The fraction of sp³-hybridized carbons (Fsp3) is 0.207. The van der Waals surface area contributed by atoms with Crippen LogP contribution in [-0.4, -0.2) is 30.3 Å². The molecule has 1 aliphatic rings. The molecular formula is C29H29ClN2O3. The van der Waals surface area contributed by atoms with E-state index in [4.69, 9.17) is 4.74 Å². The van der Waals surface area contributed by atoms with E-state index < -0.39 is 5.97 Å². The van der Waals surface area contributed by atoms with E-state index in [1.165, 1.54) is 16.3 Å². The standard InChI is InChI=1S/C29H28N2O3.ClH/c1-19-16-22(14-15-24(19)29(32)33)31-18-23(34-28-13-6-5-12-27(28)31)17-30-20(2)25-11-7-9-21-8-3-4-10-26(21)25;/h3-16,20,23,30H,17-18H2,1-2H3,(H,32,33);1H/t20-,23?;/m1./s1. The van der Waals surface area contributed by atoms with Crippen LogP contribution in [0.15, 0.2) is 84.9 Å². The smallest absolute Gasteiger partial charge is 0.335 e. The van der Waals surface area contributed by atoms with E-state index in [2.05, 4.69) is 59.6 Å². The fourth-order valence-corrected chi connectivity index (χ4v) is 4.75. The Hall–Kier alpha value is -3.54. The van der Waals surface area contributed by atoms with E-state index in [0.717, 1.165) is 22.7 Å². The zero-order valence-electron chi connectivity index (χ0n) is 19.8. The number of aryl methyl sites for hydroxylation is 1. The number of carboxylic acids is 1. The van der Waals surface area contributed by atoms with Crippen LogP contribution in [0.4, 0.5) is 11.4 Å². The second-order valence-corrected chi connectivity index (χ2v) is 8.82. The minimum atomic E-state index is -0.907. The van der Waals surface area contributed by atoms with Crippen molar-refractivity contribution >= 4 is 40.5 Å². The highest BCUT2D eigenvalue weighted by Gasteiger charge is 2.27. The lowest BCUT2D eigenvalue weighted by Crippen LogP contribution is -2.44. The third-order valence-corrected chi connectivity index (χ3v) is 6.53. The van der Waals surface area contributed by atoms with Crippen molar-refractivity contribution in [1.82, 2.24) is 5.32 Å².